The summed E-state index contributed by atoms with van der Waals surface area (Å²) >= 11 is 0. The molecule has 0 N–H and O–H groups in total. The fourth-order valence-corrected chi connectivity index (χ4v) is 1.20. The van der Waals surface area contributed by atoms with E-state index in [9.17, 15) is 13.2 Å². The number of rotatable bonds is 1. The first-order chi connectivity index (χ1) is 7.63. The highest BCUT2D eigenvalue weighted by molar-refractivity contribution is 5.59. The van der Waals surface area contributed by atoms with Gasteiger partial charge in [0.05, 0.1) is 12.2 Å². The van der Waals surface area contributed by atoms with Gasteiger partial charge >= 0.3 is 6.18 Å². The fraction of sp³-hybridized carbons (Fsp3) is 0.417. The van der Waals surface area contributed by atoms with Crippen molar-refractivity contribution in [3.8, 4) is 5.75 Å². The molecular weight excluding hydrogens is 231 g/mol. The van der Waals surface area contributed by atoms with Crippen molar-refractivity contribution in [2.75, 3.05) is 0 Å². The average Bonchev–Trinajstić information content (AvgIpc) is 2.14. The minimum Gasteiger partial charge on any atom is -0.499 e. The maximum Gasteiger partial charge on any atom is 0.415 e. The van der Waals surface area contributed by atoms with Crippen molar-refractivity contribution < 1.29 is 17.9 Å². The van der Waals surface area contributed by atoms with Crippen LogP contribution in [0.4, 0.5) is 18.9 Å². The van der Waals surface area contributed by atoms with Gasteiger partial charge in [-0.25, -0.2) is 4.85 Å². The third kappa shape index (κ3) is 3.66. The molecule has 92 valence electrons. The Morgan fingerprint density at radius 1 is 1.18 bits per heavy atom. The van der Waals surface area contributed by atoms with Crippen molar-refractivity contribution in [1.29, 1.82) is 0 Å². The average molecular weight is 243 g/mol. The van der Waals surface area contributed by atoms with Crippen LogP contribution >= 0.6 is 0 Å². The molecule has 0 aliphatic carbocycles. The van der Waals surface area contributed by atoms with Crippen LogP contribution in [0.15, 0.2) is 18.2 Å². The van der Waals surface area contributed by atoms with E-state index < -0.39 is 17.3 Å². The fourth-order valence-electron chi connectivity index (χ4n) is 1.20. The van der Waals surface area contributed by atoms with Crippen molar-refractivity contribution in [3.63, 3.8) is 0 Å². The Balaban J connectivity index is 3.16. The Kier molecular flexibility index (Phi) is 3.37. The van der Waals surface area contributed by atoms with Crippen molar-refractivity contribution in [3.05, 3.63) is 35.2 Å². The molecule has 0 amide bonds. The van der Waals surface area contributed by atoms with Gasteiger partial charge in [0.25, 0.3) is 0 Å². The summed E-state index contributed by atoms with van der Waals surface area (Å²) < 4.78 is 42.7. The molecule has 1 aromatic carbocycles. The largest absolute Gasteiger partial charge is 0.499 e. The molecule has 0 spiro atoms. The molecule has 0 aliphatic rings. The first kappa shape index (κ1) is 13.4. The molecule has 1 aromatic rings. The molecule has 0 bridgehead atoms. The first-order valence-electron chi connectivity index (χ1n) is 4.91. The summed E-state index contributed by atoms with van der Waals surface area (Å²) in [5, 5.41) is 0. The number of halogens is 3. The smallest absolute Gasteiger partial charge is 0.415 e. The highest BCUT2D eigenvalue weighted by atomic mass is 19.4. The van der Waals surface area contributed by atoms with Gasteiger partial charge in [-0.2, -0.15) is 13.2 Å². The summed E-state index contributed by atoms with van der Waals surface area (Å²) in [6, 6.07) is 2.89. The van der Waals surface area contributed by atoms with Gasteiger partial charge in [0.2, 0.25) is 5.69 Å². The summed E-state index contributed by atoms with van der Waals surface area (Å²) in [5.74, 6) is 0.167. The molecule has 0 radical (unpaired) electrons. The van der Waals surface area contributed by atoms with Gasteiger partial charge in [-0.3, -0.25) is 0 Å². The van der Waals surface area contributed by atoms with E-state index in [1.165, 1.54) is 6.07 Å². The maximum absolute atomic E-state index is 12.4. The van der Waals surface area contributed by atoms with E-state index in [2.05, 4.69) is 4.85 Å². The number of nitrogens with zero attached hydrogens (tertiary/aromatic N) is 1. The van der Waals surface area contributed by atoms with Gasteiger partial charge < -0.3 is 4.74 Å². The molecular formula is C12H12F3NO. The number of alkyl halides is 3. The van der Waals surface area contributed by atoms with Crippen LogP contribution in [-0.4, -0.2) is 5.60 Å². The molecule has 0 saturated carbocycles. The first-order valence-corrected chi connectivity index (χ1v) is 4.91. The topological polar surface area (TPSA) is 13.6 Å². The number of hydrogen-bond donors (Lipinski definition) is 0. The standard InChI is InChI=1S/C12H12F3NO/c1-11(2,3)17-10-6-5-8(12(13,14)15)7-9(10)16-4/h5-7H,1-3H3. The molecule has 0 aromatic heterocycles. The van der Waals surface area contributed by atoms with Crippen molar-refractivity contribution >= 4 is 5.69 Å². The summed E-state index contributed by atoms with van der Waals surface area (Å²) in [6.45, 7) is 12.2. The monoisotopic (exact) mass is 243 g/mol. The summed E-state index contributed by atoms with van der Waals surface area (Å²) in [5.41, 5.74) is -1.53. The second kappa shape index (κ2) is 4.28. The van der Waals surface area contributed by atoms with Crippen LogP contribution in [0.3, 0.4) is 0 Å². The van der Waals surface area contributed by atoms with E-state index in [0.717, 1.165) is 12.1 Å². The normalized spacial score (nSPS) is 12.1. The van der Waals surface area contributed by atoms with E-state index in [1.807, 2.05) is 0 Å². The predicted molar refractivity (Wildman–Crippen MR) is 58.1 cm³/mol. The Morgan fingerprint density at radius 2 is 1.76 bits per heavy atom. The molecule has 2 nitrogen and oxygen atoms in total. The second-order valence-electron chi connectivity index (χ2n) is 4.51. The van der Waals surface area contributed by atoms with Gasteiger partial charge in [-0.15, -0.1) is 0 Å². The molecule has 0 fully saturated rings. The zero-order chi connectivity index (χ0) is 13.3. The lowest BCUT2D eigenvalue weighted by atomic mass is 10.1. The zero-order valence-corrected chi connectivity index (χ0v) is 9.72. The number of ether oxygens (including phenoxy) is 1. The van der Waals surface area contributed by atoms with Gasteiger partial charge in [0.1, 0.15) is 5.75 Å². The summed E-state index contributed by atoms with van der Waals surface area (Å²) in [7, 11) is 0. The van der Waals surface area contributed by atoms with E-state index in [0.29, 0.717) is 0 Å². The van der Waals surface area contributed by atoms with Gasteiger partial charge in [0, 0.05) is 5.56 Å². The van der Waals surface area contributed by atoms with Gasteiger partial charge in [0.15, 0.2) is 0 Å². The lowest BCUT2D eigenvalue weighted by Gasteiger charge is -2.22. The lowest BCUT2D eigenvalue weighted by molar-refractivity contribution is -0.137. The van der Waals surface area contributed by atoms with E-state index in [4.69, 9.17) is 11.3 Å². The summed E-state index contributed by atoms with van der Waals surface area (Å²) in [4.78, 5) is 3.05. The Bertz CT molecular complexity index is 452. The maximum atomic E-state index is 12.4. The van der Waals surface area contributed by atoms with Crippen LogP contribution < -0.4 is 4.74 Å². The van der Waals surface area contributed by atoms with Gasteiger partial charge in [-0.05, 0) is 39.0 Å². The van der Waals surface area contributed by atoms with Crippen LogP contribution in [0.5, 0.6) is 5.75 Å². The van der Waals surface area contributed by atoms with Crippen molar-refractivity contribution in [2.45, 2.75) is 32.5 Å². The Morgan fingerprint density at radius 3 is 2.18 bits per heavy atom. The predicted octanol–water partition coefficient (Wildman–Crippen LogP) is 4.43. The number of benzene rings is 1. The number of hydrogen-bond acceptors (Lipinski definition) is 1. The van der Waals surface area contributed by atoms with Crippen LogP contribution in [0, 0.1) is 6.57 Å². The third-order valence-corrected chi connectivity index (χ3v) is 1.82. The molecule has 0 unspecified atom stereocenters. The molecule has 0 saturated heterocycles. The molecule has 0 aliphatic heterocycles. The van der Waals surface area contributed by atoms with E-state index in [-0.39, 0.29) is 11.4 Å². The molecule has 0 atom stereocenters. The molecule has 17 heavy (non-hydrogen) atoms. The van der Waals surface area contributed by atoms with E-state index >= 15 is 0 Å². The molecule has 0 heterocycles. The Labute approximate surface area is 97.8 Å². The van der Waals surface area contributed by atoms with Crippen LogP contribution in [0.1, 0.15) is 26.3 Å². The minimum absolute atomic E-state index is 0.130. The summed E-state index contributed by atoms with van der Waals surface area (Å²) in [6.07, 6.45) is -4.44. The Hall–Kier alpha value is -1.70. The quantitative estimate of drug-likeness (QED) is 0.665. The molecule has 1 rings (SSSR count). The lowest BCUT2D eigenvalue weighted by Crippen LogP contribution is -2.23. The zero-order valence-electron chi connectivity index (χ0n) is 9.72. The van der Waals surface area contributed by atoms with Crippen LogP contribution in [0.25, 0.3) is 4.85 Å². The van der Waals surface area contributed by atoms with Crippen LogP contribution in [0.2, 0.25) is 0 Å². The van der Waals surface area contributed by atoms with Gasteiger partial charge in [-0.1, -0.05) is 0 Å². The van der Waals surface area contributed by atoms with E-state index in [1.54, 1.807) is 20.8 Å². The second-order valence-corrected chi connectivity index (χ2v) is 4.51. The highest BCUT2D eigenvalue weighted by Gasteiger charge is 2.31. The highest BCUT2D eigenvalue weighted by Crippen LogP contribution is 2.37. The minimum atomic E-state index is -4.44. The SMILES string of the molecule is [C-]#[N+]c1cc(C(F)(F)F)ccc1OC(C)(C)C. The van der Waals surface area contributed by atoms with Crippen molar-refractivity contribution in [1.82, 2.24) is 0 Å². The molecule has 5 heteroatoms. The van der Waals surface area contributed by atoms with Crippen molar-refractivity contribution in [2.24, 2.45) is 0 Å². The third-order valence-electron chi connectivity index (χ3n) is 1.82. The van der Waals surface area contributed by atoms with Crippen LogP contribution in [-0.2, 0) is 6.18 Å².